The van der Waals surface area contributed by atoms with Crippen molar-refractivity contribution in [1.82, 2.24) is 25.2 Å². The SMILES string of the molecule is COc1ccc2nccc([C@@H](O)CN3CC[C@@H](NCc4ccc5c(n4)NC(=O)CS5)C[C@H]3C(F)(F)F)c2n1. The number of thioether (sulfide) groups is 1. The number of aromatic nitrogens is 3. The van der Waals surface area contributed by atoms with Crippen LogP contribution in [-0.4, -0.2) is 75.1 Å². The highest BCUT2D eigenvalue weighted by molar-refractivity contribution is 8.00. The third kappa shape index (κ3) is 5.85. The topological polar surface area (TPSA) is 113 Å². The second-order valence-electron chi connectivity index (χ2n) is 9.28. The van der Waals surface area contributed by atoms with Crippen LogP contribution >= 0.6 is 11.8 Å². The number of ether oxygens (including phenoxy) is 1. The van der Waals surface area contributed by atoms with E-state index in [-0.39, 0.29) is 38.0 Å². The quantitative estimate of drug-likeness (QED) is 0.409. The second kappa shape index (κ2) is 11.0. The van der Waals surface area contributed by atoms with Gasteiger partial charge in [0.1, 0.15) is 11.9 Å². The van der Waals surface area contributed by atoms with Gasteiger partial charge in [-0.1, -0.05) is 0 Å². The van der Waals surface area contributed by atoms with E-state index >= 15 is 0 Å². The summed E-state index contributed by atoms with van der Waals surface area (Å²) in [5.74, 6) is 1.02. The summed E-state index contributed by atoms with van der Waals surface area (Å²) >= 11 is 1.40. The van der Waals surface area contributed by atoms with Gasteiger partial charge in [0.2, 0.25) is 11.8 Å². The molecule has 0 unspecified atom stereocenters. The van der Waals surface area contributed by atoms with Crippen molar-refractivity contribution in [3.8, 4) is 5.88 Å². The molecule has 1 amide bonds. The fourth-order valence-corrected chi connectivity index (χ4v) is 5.60. The highest BCUT2D eigenvalue weighted by Gasteiger charge is 2.47. The van der Waals surface area contributed by atoms with Crippen molar-refractivity contribution in [1.29, 1.82) is 0 Å². The first-order valence-electron chi connectivity index (χ1n) is 12.2. The number of hydrogen-bond acceptors (Lipinski definition) is 9. The van der Waals surface area contributed by atoms with Crippen molar-refractivity contribution in [3.05, 3.63) is 47.8 Å². The second-order valence-corrected chi connectivity index (χ2v) is 10.3. The molecule has 3 atom stereocenters. The lowest BCUT2D eigenvalue weighted by Crippen LogP contribution is -2.55. The summed E-state index contributed by atoms with van der Waals surface area (Å²) in [6, 6.07) is 6.47. The lowest BCUT2D eigenvalue weighted by Gasteiger charge is -2.41. The summed E-state index contributed by atoms with van der Waals surface area (Å²) in [5.41, 5.74) is 1.96. The number of methoxy groups -OCH3 is 1. The molecule has 1 saturated heterocycles. The largest absolute Gasteiger partial charge is 0.481 e. The Kier molecular flexibility index (Phi) is 7.70. The molecule has 0 spiro atoms. The van der Waals surface area contributed by atoms with E-state index in [1.807, 2.05) is 12.1 Å². The Balaban J connectivity index is 1.26. The number of nitrogens with zero attached hydrogens (tertiary/aromatic N) is 4. The fourth-order valence-electron chi connectivity index (χ4n) is 4.84. The molecule has 5 rings (SSSR count). The van der Waals surface area contributed by atoms with Crippen LogP contribution < -0.4 is 15.4 Å². The maximum atomic E-state index is 14.1. The van der Waals surface area contributed by atoms with Crippen LogP contribution in [0.15, 0.2) is 41.4 Å². The Labute approximate surface area is 221 Å². The number of rotatable bonds is 7. The van der Waals surface area contributed by atoms with Crippen molar-refractivity contribution in [2.24, 2.45) is 0 Å². The van der Waals surface area contributed by atoms with Crippen molar-refractivity contribution in [3.63, 3.8) is 0 Å². The van der Waals surface area contributed by atoms with Gasteiger partial charge in [-0.25, -0.2) is 9.97 Å². The van der Waals surface area contributed by atoms with E-state index in [0.29, 0.717) is 46.2 Å². The number of pyridine rings is 3. The van der Waals surface area contributed by atoms with E-state index in [1.54, 1.807) is 18.2 Å². The van der Waals surface area contributed by atoms with Crippen LogP contribution in [0.4, 0.5) is 19.0 Å². The predicted molar refractivity (Wildman–Crippen MR) is 136 cm³/mol. The van der Waals surface area contributed by atoms with E-state index < -0.39 is 18.3 Å². The summed E-state index contributed by atoms with van der Waals surface area (Å²) < 4.78 is 47.5. The molecule has 5 heterocycles. The van der Waals surface area contributed by atoms with Gasteiger partial charge in [0.15, 0.2) is 0 Å². The number of halogens is 3. The number of anilines is 1. The first-order chi connectivity index (χ1) is 18.2. The molecule has 2 aliphatic heterocycles. The molecule has 0 radical (unpaired) electrons. The van der Waals surface area contributed by atoms with Gasteiger partial charge in [-0.2, -0.15) is 13.2 Å². The summed E-state index contributed by atoms with van der Waals surface area (Å²) in [7, 11) is 1.46. The van der Waals surface area contributed by atoms with Crippen molar-refractivity contribution < 1.29 is 27.8 Å². The molecule has 0 aromatic carbocycles. The normalized spacial score (nSPS) is 21.1. The summed E-state index contributed by atoms with van der Waals surface area (Å²) in [6.07, 6.45) is -3.84. The molecule has 202 valence electrons. The monoisotopic (exact) mass is 548 g/mol. The van der Waals surface area contributed by atoms with Crippen molar-refractivity contribution >= 4 is 34.5 Å². The van der Waals surface area contributed by atoms with Crippen LogP contribution in [0, 0.1) is 0 Å². The number of fused-ring (bicyclic) bond motifs is 2. The first kappa shape index (κ1) is 26.6. The maximum absolute atomic E-state index is 14.1. The first-order valence-corrected chi connectivity index (χ1v) is 13.1. The van der Waals surface area contributed by atoms with Gasteiger partial charge >= 0.3 is 6.18 Å². The smallest absolute Gasteiger partial charge is 0.404 e. The van der Waals surface area contributed by atoms with Crippen molar-refractivity contribution in [2.75, 3.05) is 31.3 Å². The Morgan fingerprint density at radius 1 is 1.26 bits per heavy atom. The standard InChI is InChI=1S/C25H27F3N6O3S/c1-37-22-5-3-17-23(33-22)16(6-8-29-17)18(35)12-34-9-7-14(10-20(34)25(26,27)28)30-11-15-2-4-19-24(31-15)32-21(36)13-38-19/h2-6,8,14,18,20,30,35H,7,9-13H2,1H3,(H,31,32,36)/t14-,18+,20+/m1/s1. The lowest BCUT2D eigenvalue weighted by atomic mass is 9.95. The number of carbonyl (C=O) groups is 1. The van der Waals surface area contributed by atoms with Gasteiger partial charge in [0, 0.05) is 43.5 Å². The van der Waals surface area contributed by atoms with Crippen LogP contribution in [0.5, 0.6) is 5.88 Å². The minimum absolute atomic E-state index is 0.127. The molecule has 3 N–H and O–H groups in total. The number of aliphatic hydroxyl groups is 1. The maximum Gasteiger partial charge on any atom is 0.404 e. The molecular weight excluding hydrogens is 521 g/mol. The Hall–Kier alpha value is -3.00. The Morgan fingerprint density at radius 2 is 2.11 bits per heavy atom. The summed E-state index contributed by atoms with van der Waals surface area (Å²) in [4.78, 5) is 26.8. The number of carbonyl (C=O) groups excluding carboxylic acids is 1. The molecule has 3 aromatic rings. The number of piperidine rings is 1. The van der Waals surface area contributed by atoms with Gasteiger partial charge in [0.25, 0.3) is 0 Å². The van der Waals surface area contributed by atoms with Crippen LogP contribution in [0.1, 0.15) is 30.2 Å². The molecule has 38 heavy (non-hydrogen) atoms. The number of alkyl halides is 3. The third-order valence-corrected chi connectivity index (χ3v) is 7.81. The van der Waals surface area contributed by atoms with Gasteiger partial charge in [-0.05, 0) is 37.1 Å². The van der Waals surface area contributed by atoms with Crippen LogP contribution in [-0.2, 0) is 11.3 Å². The Bertz CT molecular complexity index is 1330. The van der Waals surface area contributed by atoms with Gasteiger partial charge < -0.3 is 20.5 Å². The van der Waals surface area contributed by atoms with Crippen LogP contribution in [0.2, 0.25) is 0 Å². The van der Waals surface area contributed by atoms with E-state index in [2.05, 4.69) is 25.6 Å². The molecule has 0 saturated carbocycles. The number of β-amino-alcohol motifs (C(OH)–C–C–N with tert-alkyl or cyclic N) is 1. The van der Waals surface area contributed by atoms with E-state index in [1.165, 1.54) is 30.0 Å². The molecule has 3 aromatic heterocycles. The number of amides is 1. The Morgan fingerprint density at radius 3 is 2.89 bits per heavy atom. The highest BCUT2D eigenvalue weighted by Crippen LogP contribution is 2.34. The van der Waals surface area contributed by atoms with Gasteiger partial charge in [-0.3, -0.25) is 14.7 Å². The molecule has 9 nitrogen and oxygen atoms in total. The minimum atomic E-state index is -4.46. The van der Waals surface area contributed by atoms with Gasteiger partial charge in [0.05, 0.1) is 40.6 Å². The number of nitrogens with one attached hydrogen (secondary N) is 2. The minimum Gasteiger partial charge on any atom is -0.481 e. The van der Waals surface area contributed by atoms with Crippen LogP contribution in [0.3, 0.4) is 0 Å². The van der Waals surface area contributed by atoms with E-state index in [9.17, 15) is 23.1 Å². The highest BCUT2D eigenvalue weighted by atomic mass is 32.2. The van der Waals surface area contributed by atoms with Crippen LogP contribution in [0.25, 0.3) is 11.0 Å². The number of aliphatic hydroxyl groups excluding tert-OH is 1. The number of hydrogen-bond donors (Lipinski definition) is 3. The zero-order valence-electron chi connectivity index (χ0n) is 20.5. The molecular formula is C25H27F3N6O3S. The third-order valence-electron chi connectivity index (χ3n) is 6.76. The average molecular weight is 549 g/mol. The zero-order valence-corrected chi connectivity index (χ0v) is 21.3. The molecule has 2 aliphatic rings. The predicted octanol–water partition coefficient (Wildman–Crippen LogP) is 3.30. The number of likely N-dealkylation sites (tertiary alicyclic amines) is 1. The molecule has 13 heteroatoms. The zero-order chi connectivity index (χ0) is 26.9. The van der Waals surface area contributed by atoms with E-state index in [4.69, 9.17) is 4.74 Å². The van der Waals surface area contributed by atoms with Crippen molar-refractivity contribution in [2.45, 2.75) is 48.6 Å². The lowest BCUT2D eigenvalue weighted by molar-refractivity contribution is -0.196. The summed E-state index contributed by atoms with van der Waals surface area (Å²) in [6.45, 7) is 0.240. The van der Waals surface area contributed by atoms with Gasteiger partial charge in [-0.15, -0.1) is 11.8 Å². The molecule has 0 aliphatic carbocycles. The molecule has 1 fully saturated rings. The average Bonchev–Trinajstić information content (AvgIpc) is 2.90. The van der Waals surface area contributed by atoms with E-state index in [0.717, 1.165) is 4.90 Å². The fraction of sp³-hybridized carbons (Fsp3) is 0.440. The summed E-state index contributed by atoms with van der Waals surface area (Å²) in [5, 5.41) is 16.9. The molecule has 0 bridgehead atoms.